The van der Waals surface area contributed by atoms with E-state index in [9.17, 15) is 0 Å². The van der Waals surface area contributed by atoms with Crippen molar-refractivity contribution in [2.75, 3.05) is 4.90 Å². The molecule has 0 saturated carbocycles. The van der Waals surface area contributed by atoms with Crippen LogP contribution in [0, 0.1) is 6.92 Å². The maximum atomic E-state index is 2.46. The van der Waals surface area contributed by atoms with E-state index in [0.29, 0.717) is 0 Å². The van der Waals surface area contributed by atoms with Crippen molar-refractivity contribution in [2.24, 2.45) is 0 Å². The van der Waals surface area contributed by atoms with Gasteiger partial charge in [-0.15, -0.1) is 0 Å². The second kappa shape index (κ2) is 12.0. The number of benzene rings is 8. The van der Waals surface area contributed by atoms with E-state index < -0.39 is 5.41 Å². The first-order valence-corrected chi connectivity index (χ1v) is 18.0. The van der Waals surface area contributed by atoms with E-state index in [1.807, 2.05) is 0 Å². The number of aromatic nitrogens is 1. The van der Waals surface area contributed by atoms with Crippen LogP contribution < -0.4 is 4.90 Å². The number of fused-ring (bicyclic) bond motifs is 6. The molecule has 1 aliphatic carbocycles. The lowest BCUT2D eigenvalue weighted by molar-refractivity contribution is 0.768. The third-order valence-corrected chi connectivity index (χ3v) is 10.9. The molecular formula is C50H36N2. The van der Waals surface area contributed by atoms with Gasteiger partial charge in [0.05, 0.1) is 22.1 Å². The minimum atomic E-state index is -0.492. The Kier molecular flexibility index (Phi) is 6.97. The Balaban J connectivity index is 1.31. The van der Waals surface area contributed by atoms with Crippen LogP contribution in [0.3, 0.4) is 0 Å². The monoisotopic (exact) mass is 664 g/mol. The van der Waals surface area contributed by atoms with E-state index >= 15 is 0 Å². The molecule has 1 aromatic heterocycles. The van der Waals surface area contributed by atoms with Crippen molar-refractivity contribution in [3.05, 3.63) is 228 Å². The van der Waals surface area contributed by atoms with Gasteiger partial charge >= 0.3 is 0 Å². The van der Waals surface area contributed by atoms with E-state index in [4.69, 9.17) is 0 Å². The number of hydrogen-bond donors (Lipinski definition) is 0. The molecule has 246 valence electrons. The highest BCUT2D eigenvalue weighted by molar-refractivity contribution is 6.14. The molecule has 0 radical (unpaired) electrons. The highest BCUT2D eigenvalue weighted by atomic mass is 15.2. The van der Waals surface area contributed by atoms with Gasteiger partial charge < -0.3 is 9.47 Å². The van der Waals surface area contributed by atoms with Crippen molar-refractivity contribution < 1.29 is 0 Å². The molecule has 1 heterocycles. The molecule has 0 amide bonds. The summed E-state index contributed by atoms with van der Waals surface area (Å²) in [5, 5.41) is 2.47. The summed E-state index contributed by atoms with van der Waals surface area (Å²) in [4.78, 5) is 2.46. The highest BCUT2D eigenvalue weighted by Gasteiger charge is 2.46. The molecule has 8 aromatic carbocycles. The summed E-state index contributed by atoms with van der Waals surface area (Å²) in [6.07, 6.45) is 0. The number of hydrogen-bond acceptors (Lipinski definition) is 1. The number of rotatable bonds is 6. The normalized spacial score (nSPS) is 12.9. The third-order valence-electron chi connectivity index (χ3n) is 10.9. The smallest absolute Gasteiger partial charge is 0.0782 e. The maximum Gasteiger partial charge on any atom is 0.0782 e. The number of para-hydroxylation sites is 3. The van der Waals surface area contributed by atoms with Crippen LogP contribution in [0.25, 0.3) is 38.6 Å². The number of nitrogens with zero attached hydrogens (tertiary/aromatic N) is 2. The first-order chi connectivity index (χ1) is 25.7. The van der Waals surface area contributed by atoms with Crippen LogP contribution >= 0.6 is 0 Å². The summed E-state index contributed by atoms with van der Waals surface area (Å²) in [7, 11) is 0. The average molecular weight is 665 g/mol. The minimum Gasteiger partial charge on any atom is -0.308 e. The Morgan fingerprint density at radius 2 is 1.02 bits per heavy atom. The summed E-state index contributed by atoms with van der Waals surface area (Å²) < 4.78 is 2.43. The molecule has 0 fully saturated rings. The fraction of sp³-hybridized carbons (Fsp3) is 0.0400. The highest BCUT2D eigenvalue weighted by Crippen LogP contribution is 2.57. The minimum absolute atomic E-state index is 0.492. The molecule has 2 heteroatoms. The predicted molar refractivity (Wildman–Crippen MR) is 218 cm³/mol. The second-order valence-corrected chi connectivity index (χ2v) is 13.8. The quantitative estimate of drug-likeness (QED) is 0.172. The lowest BCUT2D eigenvalue weighted by Crippen LogP contribution is -2.28. The van der Waals surface area contributed by atoms with Crippen LogP contribution in [0.1, 0.15) is 27.8 Å². The molecule has 0 spiro atoms. The molecular weight excluding hydrogens is 629 g/mol. The predicted octanol–water partition coefficient (Wildman–Crippen LogP) is 12.9. The van der Waals surface area contributed by atoms with E-state index in [1.54, 1.807) is 0 Å². The van der Waals surface area contributed by atoms with E-state index in [1.165, 1.54) is 60.8 Å². The molecule has 1 aliphatic rings. The lowest BCUT2D eigenvalue weighted by atomic mass is 9.67. The Morgan fingerprint density at radius 1 is 0.442 bits per heavy atom. The van der Waals surface area contributed by atoms with Crippen molar-refractivity contribution in [3.63, 3.8) is 0 Å². The summed E-state index contributed by atoms with van der Waals surface area (Å²) in [5.74, 6) is 0. The van der Waals surface area contributed by atoms with Crippen LogP contribution in [0.15, 0.2) is 200 Å². The zero-order valence-electron chi connectivity index (χ0n) is 28.9. The van der Waals surface area contributed by atoms with Crippen molar-refractivity contribution in [1.29, 1.82) is 0 Å². The molecule has 0 unspecified atom stereocenters. The molecule has 2 nitrogen and oxygen atoms in total. The van der Waals surface area contributed by atoms with E-state index in [2.05, 4.69) is 217 Å². The zero-order valence-corrected chi connectivity index (χ0v) is 28.9. The van der Waals surface area contributed by atoms with Crippen molar-refractivity contribution in [2.45, 2.75) is 12.3 Å². The molecule has 9 aromatic rings. The maximum absolute atomic E-state index is 2.46. The van der Waals surface area contributed by atoms with Crippen molar-refractivity contribution in [3.8, 4) is 16.8 Å². The van der Waals surface area contributed by atoms with Gasteiger partial charge in [-0.25, -0.2) is 0 Å². The van der Waals surface area contributed by atoms with Crippen LogP contribution in [0.5, 0.6) is 0 Å². The van der Waals surface area contributed by atoms with Gasteiger partial charge in [-0.2, -0.15) is 0 Å². The van der Waals surface area contributed by atoms with Gasteiger partial charge in [0.15, 0.2) is 0 Å². The SMILES string of the molecule is Cc1ccc(N(c2ccc3c(c2)C(c2ccccc2)(c2ccccc2)c2ccccc2-3)c2cccc3c4ccccc4n(-c4ccccc4)c23)cc1. The first-order valence-electron chi connectivity index (χ1n) is 18.0. The van der Waals surface area contributed by atoms with E-state index in [-0.39, 0.29) is 0 Å². The number of anilines is 3. The molecule has 0 aliphatic heterocycles. The van der Waals surface area contributed by atoms with Crippen molar-refractivity contribution in [1.82, 2.24) is 4.57 Å². The summed E-state index contributed by atoms with van der Waals surface area (Å²) in [6, 6.07) is 73.4. The average Bonchev–Trinajstić information content (AvgIpc) is 3.71. The Labute approximate surface area is 304 Å². The van der Waals surface area contributed by atoms with Gasteiger partial charge in [-0.05, 0) is 88.8 Å². The fourth-order valence-electron chi connectivity index (χ4n) is 8.72. The van der Waals surface area contributed by atoms with Gasteiger partial charge in [0.25, 0.3) is 0 Å². The van der Waals surface area contributed by atoms with Crippen molar-refractivity contribution >= 4 is 38.9 Å². The first kappa shape index (κ1) is 30.2. The van der Waals surface area contributed by atoms with Gasteiger partial charge in [0.1, 0.15) is 0 Å². The van der Waals surface area contributed by atoms with Crippen LogP contribution in [-0.4, -0.2) is 4.57 Å². The van der Waals surface area contributed by atoms with Crippen LogP contribution in [-0.2, 0) is 5.41 Å². The van der Waals surface area contributed by atoms with Crippen LogP contribution in [0.4, 0.5) is 17.1 Å². The Morgan fingerprint density at radius 3 is 1.75 bits per heavy atom. The zero-order chi connectivity index (χ0) is 34.6. The molecule has 0 N–H and O–H groups in total. The van der Waals surface area contributed by atoms with Crippen LogP contribution in [0.2, 0.25) is 0 Å². The summed E-state index contributed by atoms with van der Waals surface area (Å²) >= 11 is 0. The van der Waals surface area contributed by atoms with Gasteiger partial charge in [-0.3, -0.25) is 0 Å². The molecule has 10 rings (SSSR count). The third kappa shape index (κ3) is 4.44. The summed E-state index contributed by atoms with van der Waals surface area (Å²) in [6.45, 7) is 2.16. The van der Waals surface area contributed by atoms with Gasteiger partial charge in [0, 0.05) is 27.8 Å². The Bertz CT molecular complexity index is 2690. The molecule has 0 saturated heterocycles. The topological polar surface area (TPSA) is 8.17 Å². The van der Waals surface area contributed by atoms with Gasteiger partial charge in [-0.1, -0.05) is 157 Å². The van der Waals surface area contributed by atoms with E-state index in [0.717, 1.165) is 22.7 Å². The molecule has 52 heavy (non-hydrogen) atoms. The molecule has 0 bridgehead atoms. The standard InChI is InChI=1S/C50H36N2/c1-35-28-30-39(31-29-35)51(48-27-15-24-44-43-23-12-14-26-47(43)52(49(44)48)38-20-9-4-10-21-38)40-32-33-42-41-22-11-13-25-45(41)50(46(42)34-40,36-16-5-2-6-17-36)37-18-7-3-8-19-37/h2-34H,1H3. The second-order valence-electron chi connectivity index (χ2n) is 13.8. The lowest BCUT2D eigenvalue weighted by Gasteiger charge is -2.35. The molecule has 0 atom stereocenters. The van der Waals surface area contributed by atoms with Gasteiger partial charge in [0.2, 0.25) is 0 Å². The summed E-state index contributed by atoms with van der Waals surface area (Å²) in [5.41, 5.74) is 15.3. The fourth-order valence-corrected chi connectivity index (χ4v) is 8.72. The number of aryl methyl sites for hydroxylation is 1. The largest absolute Gasteiger partial charge is 0.308 e. The Hall–Kier alpha value is -6.64.